The van der Waals surface area contributed by atoms with Gasteiger partial charge in [0.15, 0.2) is 12.2 Å². The van der Waals surface area contributed by atoms with Gasteiger partial charge in [-0.2, -0.15) is 0 Å². The number of rotatable bonds is 4. The summed E-state index contributed by atoms with van der Waals surface area (Å²) in [6.45, 7) is 4.23. The van der Waals surface area contributed by atoms with Crippen molar-refractivity contribution < 1.29 is 14.3 Å². The zero-order valence-corrected chi connectivity index (χ0v) is 18.5. The molecule has 1 saturated heterocycles. The third kappa shape index (κ3) is 2.86. The largest absolute Gasteiger partial charge is 0.497 e. The molecule has 3 heterocycles. The van der Waals surface area contributed by atoms with Gasteiger partial charge in [0.2, 0.25) is 5.96 Å². The fraction of sp³-hybridized carbons (Fsp3) is 0.292. The maximum Gasteiger partial charge on any atom is 0.328 e. The molecule has 0 bridgehead atoms. The summed E-state index contributed by atoms with van der Waals surface area (Å²) >= 11 is 0. The Morgan fingerprint density at radius 1 is 1.00 bits per heavy atom. The molecule has 1 fully saturated rings. The van der Waals surface area contributed by atoms with Gasteiger partial charge in [-0.1, -0.05) is 36.4 Å². The van der Waals surface area contributed by atoms with Crippen molar-refractivity contribution in [2.45, 2.75) is 32.6 Å². The Kier molecular flexibility index (Phi) is 4.65. The zero-order chi connectivity index (χ0) is 22.6. The summed E-state index contributed by atoms with van der Waals surface area (Å²) in [6, 6.07) is 16.3. The number of anilines is 1. The number of imide groups is 1. The van der Waals surface area contributed by atoms with Crippen LogP contribution in [-0.2, 0) is 11.3 Å². The van der Waals surface area contributed by atoms with E-state index in [-0.39, 0.29) is 18.5 Å². The normalized spacial score (nSPS) is 22.4. The summed E-state index contributed by atoms with van der Waals surface area (Å²) in [4.78, 5) is 38.4. The van der Waals surface area contributed by atoms with Crippen LogP contribution >= 0.6 is 0 Å². The van der Waals surface area contributed by atoms with Gasteiger partial charge in [-0.15, -0.1) is 0 Å². The first kappa shape index (κ1) is 20.1. The van der Waals surface area contributed by atoms with E-state index < -0.39 is 12.2 Å². The monoisotopic (exact) mass is 431 g/mol. The standard InChI is InChI=1S/C24H25N5O3/c1-15-16(2)29-20-21(25-23(29)28(15)18-11-8-12-19(13-18)32-4)26(3)24(31)27(22(20)30)14-17-9-6-5-7-10-17/h5-13,20-21H,14H2,1-4H3. The van der Waals surface area contributed by atoms with Crippen molar-refractivity contribution in [1.29, 1.82) is 0 Å². The van der Waals surface area contributed by atoms with Gasteiger partial charge in [0.25, 0.3) is 5.91 Å². The van der Waals surface area contributed by atoms with E-state index in [9.17, 15) is 9.59 Å². The average molecular weight is 431 g/mol. The molecule has 5 rings (SSSR count). The number of guanidine groups is 1. The highest BCUT2D eigenvalue weighted by Crippen LogP contribution is 2.40. The van der Waals surface area contributed by atoms with Crippen LogP contribution in [0.25, 0.3) is 0 Å². The van der Waals surface area contributed by atoms with Crippen LogP contribution in [0.1, 0.15) is 19.4 Å². The van der Waals surface area contributed by atoms with Crippen LogP contribution < -0.4 is 9.64 Å². The number of carbonyl (C=O) groups is 2. The predicted molar refractivity (Wildman–Crippen MR) is 121 cm³/mol. The van der Waals surface area contributed by atoms with E-state index in [1.807, 2.05) is 78.2 Å². The van der Waals surface area contributed by atoms with Crippen molar-refractivity contribution in [3.05, 3.63) is 71.6 Å². The summed E-state index contributed by atoms with van der Waals surface area (Å²) in [5.74, 6) is 1.15. The first-order valence-electron chi connectivity index (χ1n) is 10.5. The second kappa shape index (κ2) is 7.40. The number of fused-ring (bicyclic) bond motifs is 3. The summed E-state index contributed by atoms with van der Waals surface area (Å²) in [6.07, 6.45) is -0.576. The molecule has 2 atom stereocenters. The first-order chi connectivity index (χ1) is 15.4. The lowest BCUT2D eigenvalue weighted by molar-refractivity contribution is -0.137. The Morgan fingerprint density at radius 2 is 1.75 bits per heavy atom. The fourth-order valence-corrected chi connectivity index (χ4v) is 4.58. The summed E-state index contributed by atoms with van der Waals surface area (Å²) in [5, 5.41) is 0. The summed E-state index contributed by atoms with van der Waals surface area (Å²) in [5.41, 5.74) is 3.72. The van der Waals surface area contributed by atoms with Gasteiger partial charge in [-0.3, -0.25) is 19.5 Å². The van der Waals surface area contributed by atoms with E-state index in [1.165, 1.54) is 4.90 Å². The summed E-state index contributed by atoms with van der Waals surface area (Å²) < 4.78 is 5.39. The maximum atomic E-state index is 13.6. The molecule has 3 amide bonds. The lowest BCUT2D eigenvalue weighted by Crippen LogP contribution is -2.64. The van der Waals surface area contributed by atoms with E-state index in [4.69, 9.17) is 9.73 Å². The van der Waals surface area contributed by atoms with Crippen molar-refractivity contribution in [2.75, 3.05) is 19.1 Å². The van der Waals surface area contributed by atoms with E-state index >= 15 is 0 Å². The van der Waals surface area contributed by atoms with E-state index in [1.54, 1.807) is 19.1 Å². The van der Waals surface area contributed by atoms with Crippen LogP contribution in [0.4, 0.5) is 10.5 Å². The third-order valence-corrected chi connectivity index (χ3v) is 6.39. The number of hydrogen-bond donors (Lipinski definition) is 0. The molecule has 2 aromatic carbocycles. The number of carbonyl (C=O) groups excluding carboxylic acids is 2. The smallest absolute Gasteiger partial charge is 0.328 e. The number of urea groups is 1. The quantitative estimate of drug-likeness (QED) is 0.744. The number of methoxy groups -OCH3 is 1. The molecule has 0 spiro atoms. The molecule has 3 aliphatic heterocycles. The highest BCUT2D eigenvalue weighted by atomic mass is 16.5. The Balaban J connectivity index is 1.52. The van der Waals surface area contributed by atoms with Crippen molar-refractivity contribution in [3.8, 4) is 5.75 Å². The van der Waals surface area contributed by atoms with Crippen molar-refractivity contribution in [2.24, 2.45) is 4.99 Å². The molecule has 0 N–H and O–H groups in total. The molecular weight excluding hydrogens is 406 g/mol. The molecule has 0 aromatic heterocycles. The summed E-state index contributed by atoms with van der Waals surface area (Å²) in [7, 11) is 3.34. The van der Waals surface area contributed by atoms with Crippen LogP contribution in [0.2, 0.25) is 0 Å². The average Bonchev–Trinajstić information content (AvgIpc) is 3.31. The minimum atomic E-state index is -0.595. The van der Waals surface area contributed by atoms with Crippen molar-refractivity contribution in [3.63, 3.8) is 0 Å². The van der Waals surface area contributed by atoms with Crippen molar-refractivity contribution >= 4 is 23.6 Å². The predicted octanol–water partition coefficient (Wildman–Crippen LogP) is 3.23. The van der Waals surface area contributed by atoms with Crippen LogP contribution in [0, 0.1) is 0 Å². The topological polar surface area (TPSA) is 68.7 Å². The SMILES string of the molecule is COc1cccc(N2C3=NC4C(C(=O)N(Cc5ccccc5)C(=O)N4C)N3C(C)=C2C)c1. The second-order valence-electron chi connectivity index (χ2n) is 8.17. The van der Waals surface area contributed by atoms with E-state index in [0.717, 1.165) is 28.4 Å². The van der Waals surface area contributed by atoms with Gasteiger partial charge < -0.3 is 9.64 Å². The molecule has 0 saturated carbocycles. The first-order valence-corrected chi connectivity index (χ1v) is 10.5. The highest BCUT2D eigenvalue weighted by molar-refractivity contribution is 6.10. The molecule has 0 aliphatic carbocycles. The van der Waals surface area contributed by atoms with Gasteiger partial charge in [-0.05, 0) is 31.5 Å². The molecule has 8 heteroatoms. The van der Waals surface area contributed by atoms with Crippen LogP contribution in [0.3, 0.4) is 0 Å². The van der Waals surface area contributed by atoms with Gasteiger partial charge in [0.05, 0.1) is 19.3 Å². The Labute approximate surface area is 187 Å². The number of nitrogens with zero attached hydrogens (tertiary/aromatic N) is 5. The molecule has 2 aromatic rings. The zero-order valence-electron chi connectivity index (χ0n) is 18.5. The Bertz CT molecular complexity index is 1160. The minimum absolute atomic E-state index is 0.233. The molecule has 164 valence electrons. The van der Waals surface area contributed by atoms with Crippen LogP contribution in [-0.4, -0.2) is 59.0 Å². The lowest BCUT2D eigenvalue weighted by atomic mass is 10.1. The van der Waals surface area contributed by atoms with Crippen LogP contribution in [0.5, 0.6) is 5.75 Å². The lowest BCUT2D eigenvalue weighted by Gasteiger charge is -2.40. The Hall–Kier alpha value is -3.81. The second-order valence-corrected chi connectivity index (χ2v) is 8.17. The Morgan fingerprint density at radius 3 is 2.47 bits per heavy atom. The van der Waals surface area contributed by atoms with Gasteiger partial charge in [-0.25, -0.2) is 9.79 Å². The van der Waals surface area contributed by atoms with Crippen molar-refractivity contribution in [1.82, 2.24) is 14.7 Å². The third-order valence-electron chi connectivity index (χ3n) is 6.39. The number of allylic oxidation sites excluding steroid dienone is 2. The maximum absolute atomic E-state index is 13.6. The number of ether oxygens (including phenoxy) is 1. The van der Waals surface area contributed by atoms with Gasteiger partial charge in [0.1, 0.15) is 5.75 Å². The molecule has 2 unspecified atom stereocenters. The highest BCUT2D eigenvalue weighted by Gasteiger charge is 2.55. The fourth-order valence-electron chi connectivity index (χ4n) is 4.58. The van der Waals surface area contributed by atoms with Crippen LogP contribution in [0.15, 0.2) is 71.0 Å². The minimum Gasteiger partial charge on any atom is -0.497 e. The van der Waals surface area contributed by atoms with Gasteiger partial charge >= 0.3 is 6.03 Å². The van der Waals surface area contributed by atoms with E-state index in [0.29, 0.717) is 5.96 Å². The molecule has 8 nitrogen and oxygen atoms in total. The number of aliphatic imine (C=N–C) groups is 1. The molecule has 3 aliphatic rings. The number of amides is 3. The molecule has 0 radical (unpaired) electrons. The molecule has 32 heavy (non-hydrogen) atoms. The number of likely N-dealkylation sites (N-methyl/N-ethyl adjacent to an activating group) is 1. The number of hydrogen-bond acceptors (Lipinski definition) is 6. The van der Waals surface area contributed by atoms with Gasteiger partial charge in [0, 0.05) is 24.5 Å². The molecular formula is C24H25N5O3. The van der Waals surface area contributed by atoms with E-state index in [2.05, 4.69) is 0 Å². The number of benzene rings is 2.